The lowest BCUT2D eigenvalue weighted by molar-refractivity contribution is 0.0584. The van der Waals surface area contributed by atoms with Crippen LogP contribution in [0.4, 0.5) is 4.79 Å². The van der Waals surface area contributed by atoms with Crippen LogP contribution in [-0.4, -0.2) is 76.3 Å². The van der Waals surface area contributed by atoms with Crippen LogP contribution in [0.2, 0.25) is 0 Å². The Labute approximate surface area is 248 Å². The van der Waals surface area contributed by atoms with E-state index in [1.54, 1.807) is 46.3 Å². The van der Waals surface area contributed by atoms with Gasteiger partial charge in [0.1, 0.15) is 6.61 Å². The molecule has 11 nitrogen and oxygen atoms in total. The number of piperazine rings is 1. The van der Waals surface area contributed by atoms with Crippen molar-refractivity contribution in [2.75, 3.05) is 59.6 Å². The third kappa shape index (κ3) is 5.66. The molecule has 1 amide bonds. The molecule has 11 heteroatoms. The molecule has 43 heavy (non-hydrogen) atoms. The Kier molecular flexibility index (Phi) is 8.70. The maximum absolute atomic E-state index is 14.0. The number of aromatic nitrogens is 1. The van der Waals surface area contributed by atoms with Crippen molar-refractivity contribution in [2.24, 2.45) is 0 Å². The maximum atomic E-state index is 14.0. The van der Waals surface area contributed by atoms with Crippen molar-refractivity contribution in [3.63, 3.8) is 0 Å². The first-order valence-electron chi connectivity index (χ1n) is 13.7. The lowest BCUT2D eigenvalue weighted by atomic mass is 9.96. The van der Waals surface area contributed by atoms with Crippen molar-refractivity contribution in [3.8, 4) is 28.4 Å². The van der Waals surface area contributed by atoms with E-state index in [9.17, 15) is 14.4 Å². The van der Waals surface area contributed by atoms with E-state index in [2.05, 4.69) is 0 Å². The van der Waals surface area contributed by atoms with Crippen molar-refractivity contribution in [3.05, 3.63) is 88.3 Å². The molecule has 1 saturated heterocycles. The van der Waals surface area contributed by atoms with Crippen LogP contribution in [0, 0.1) is 0 Å². The zero-order valence-corrected chi connectivity index (χ0v) is 24.5. The van der Waals surface area contributed by atoms with Gasteiger partial charge in [-0.2, -0.15) is 0 Å². The Morgan fingerprint density at radius 3 is 1.95 bits per heavy atom. The van der Waals surface area contributed by atoms with Crippen molar-refractivity contribution in [2.45, 2.75) is 6.61 Å². The molecule has 5 rings (SSSR count). The summed E-state index contributed by atoms with van der Waals surface area (Å²) < 4.78 is 28.8. The second-order valence-corrected chi connectivity index (χ2v) is 9.77. The Hall–Kier alpha value is -5.19. The van der Waals surface area contributed by atoms with Gasteiger partial charge in [0.2, 0.25) is 5.75 Å². The van der Waals surface area contributed by atoms with Crippen LogP contribution >= 0.6 is 0 Å². The second kappa shape index (κ2) is 12.8. The van der Waals surface area contributed by atoms with Gasteiger partial charge >= 0.3 is 12.1 Å². The molecule has 0 unspecified atom stereocenters. The number of hydrogen-bond donors (Lipinski definition) is 0. The minimum Gasteiger partial charge on any atom is -0.493 e. The average molecular weight is 588 g/mol. The van der Waals surface area contributed by atoms with Gasteiger partial charge in [-0.05, 0) is 34.7 Å². The van der Waals surface area contributed by atoms with Crippen molar-refractivity contribution < 1.29 is 33.3 Å². The van der Waals surface area contributed by atoms with E-state index in [1.807, 2.05) is 30.3 Å². The van der Waals surface area contributed by atoms with E-state index in [4.69, 9.17) is 23.7 Å². The highest BCUT2D eigenvalue weighted by Crippen LogP contribution is 2.43. The number of ether oxygens (including phenoxy) is 5. The summed E-state index contributed by atoms with van der Waals surface area (Å²) >= 11 is 0. The zero-order valence-electron chi connectivity index (χ0n) is 24.5. The molecule has 4 aromatic rings. The Balaban J connectivity index is 1.57. The van der Waals surface area contributed by atoms with E-state index in [0.717, 1.165) is 5.56 Å². The molecule has 0 N–H and O–H groups in total. The van der Waals surface area contributed by atoms with Crippen molar-refractivity contribution in [1.29, 1.82) is 0 Å². The van der Waals surface area contributed by atoms with E-state index >= 15 is 0 Å². The molecule has 1 aliphatic heterocycles. The molecule has 0 aliphatic carbocycles. The van der Waals surface area contributed by atoms with Gasteiger partial charge in [0.15, 0.2) is 17.2 Å². The summed E-state index contributed by atoms with van der Waals surface area (Å²) in [5.41, 5.74) is 1.57. The van der Waals surface area contributed by atoms with Gasteiger partial charge in [-0.3, -0.25) is 4.79 Å². The number of esters is 1. The minimum atomic E-state index is -0.698. The van der Waals surface area contributed by atoms with Crippen LogP contribution in [0.1, 0.15) is 16.1 Å². The number of rotatable bonds is 8. The fraction of sp³-hybridized carbons (Fsp3) is 0.281. The number of carbonyl (C=O) groups is 2. The molecule has 3 aromatic carbocycles. The van der Waals surface area contributed by atoms with Gasteiger partial charge in [0.05, 0.1) is 41.5 Å². The van der Waals surface area contributed by atoms with Gasteiger partial charge in [0.25, 0.3) is 5.56 Å². The fourth-order valence-corrected chi connectivity index (χ4v) is 5.30. The highest BCUT2D eigenvalue weighted by atomic mass is 16.6. The molecule has 0 radical (unpaired) electrons. The van der Waals surface area contributed by atoms with Crippen LogP contribution in [-0.2, 0) is 16.1 Å². The van der Waals surface area contributed by atoms with Gasteiger partial charge in [-0.1, -0.05) is 48.5 Å². The molecule has 224 valence electrons. The number of benzene rings is 3. The predicted molar refractivity (Wildman–Crippen MR) is 161 cm³/mol. The largest absolute Gasteiger partial charge is 0.493 e. The first kappa shape index (κ1) is 29.3. The predicted octanol–water partition coefficient (Wildman–Crippen LogP) is 4.07. The summed E-state index contributed by atoms with van der Waals surface area (Å²) in [6, 6.07) is 20.0. The third-order valence-electron chi connectivity index (χ3n) is 7.40. The monoisotopic (exact) mass is 587 g/mol. The molecule has 0 atom stereocenters. The SMILES string of the molecule is COC(=O)c1c(-c2cc(OC)c(OC)c(OC)c2)c2ccccc2c(=O)n1N1CCN(C(=O)OCc2ccccc2)CC1. The number of amides is 1. The molecular formula is C32H33N3O8. The first-order chi connectivity index (χ1) is 20.9. The number of pyridine rings is 1. The Morgan fingerprint density at radius 1 is 0.767 bits per heavy atom. The summed E-state index contributed by atoms with van der Waals surface area (Å²) in [6.07, 6.45) is -0.444. The first-order valence-corrected chi connectivity index (χ1v) is 13.7. The molecule has 2 heterocycles. The van der Waals surface area contributed by atoms with E-state index in [1.165, 1.54) is 33.1 Å². The standard InChI is InChI=1S/C32H33N3O8/c1-39-25-18-22(19-26(40-2)29(25)41-3)27-23-12-8-9-13-24(23)30(36)35(28(27)31(37)42-4)34-16-14-33(15-17-34)32(38)43-20-21-10-6-5-7-11-21/h5-13,18-19H,14-17,20H2,1-4H3. The smallest absolute Gasteiger partial charge is 0.410 e. The van der Waals surface area contributed by atoms with E-state index in [-0.39, 0.29) is 44.0 Å². The number of nitrogens with zero attached hydrogens (tertiary/aromatic N) is 3. The average Bonchev–Trinajstić information content (AvgIpc) is 3.06. The zero-order chi connectivity index (χ0) is 30.5. The Morgan fingerprint density at radius 2 is 1.37 bits per heavy atom. The van der Waals surface area contributed by atoms with E-state index in [0.29, 0.717) is 39.1 Å². The second-order valence-electron chi connectivity index (χ2n) is 9.77. The summed E-state index contributed by atoms with van der Waals surface area (Å²) in [5.74, 6) is 0.465. The molecule has 1 fully saturated rings. The quantitative estimate of drug-likeness (QED) is 0.282. The molecule has 1 aliphatic rings. The van der Waals surface area contributed by atoms with Crippen LogP contribution < -0.4 is 24.8 Å². The van der Waals surface area contributed by atoms with Crippen molar-refractivity contribution in [1.82, 2.24) is 9.58 Å². The number of methoxy groups -OCH3 is 4. The molecule has 1 aromatic heterocycles. The summed E-state index contributed by atoms with van der Waals surface area (Å²) in [7, 11) is 5.79. The topological polar surface area (TPSA) is 109 Å². The normalized spacial score (nSPS) is 13.0. The number of carbonyl (C=O) groups excluding carboxylic acids is 2. The number of fused-ring (bicyclic) bond motifs is 1. The molecule has 0 bridgehead atoms. The minimum absolute atomic E-state index is 0.0422. The lowest BCUT2D eigenvalue weighted by Gasteiger charge is -2.37. The Bertz CT molecular complexity index is 1670. The third-order valence-corrected chi connectivity index (χ3v) is 7.40. The van der Waals surface area contributed by atoms with E-state index < -0.39 is 12.1 Å². The highest BCUT2D eigenvalue weighted by Gasteiger charge is 2.31. The molecule has 0 saturated carbocycles. The van der Waals surface area contributed by atoms with Crippen LogP contribution in [0.15, 0.2) is 71.5 Å². The van der Waals surface area contributed by atoms with Crippen molar-refractivity contribution >= 4 is 22.8 Å². The molecule has 0 spiro atoms. The van der Waals surface area contributed by atoms with Gasteiger partial charge in [-0.15, -0.1) is 0 Å². The lowest BCUT2D eigenvalue weighted by Crippen LogP contribution is -2.56. The summed E-state index contributed by atoms with van der Waals surface area (Å²) in [5, 5.41) is 2.72. The van der Waals surface area contributed by atoms with Gasteiger partial charge < -0.3 is 33.6 Å². The van der Waals surface area contributed by atoms with Crippen LogP contribution in [0.25, 0.3) is 21.9 Å². The highest BCUT2D eigenvalue weighted by molar-refractivity contribution is 6.07. The van der Waals surface area contributed by atoms with Gasteiger partial charge in [-0.25, -0.2) is 14.3 Å². The van der Waals surface area contributed by atoms with Crippen LogP contribution in [0.3, 0.4) is 0 Å². The van der Waals surface area contributed by atoms with Gasteiger partial charge in [0, 0.05) is 24.0 Å². The number of hydrogen-bond acceptors (Lipinski definition) is 9. The fourth-order valence-electron chi connectivity index (χ4n) is 5.30. The van der Waals surface area contributed by atoms with Crippen LogP contribution in [0.5, 0.6) is 17.2 Å². The maximum Gasteiger partial charge on any atom is 0.410 e. The summed E-state index contributed by atoms with van der Waals surface area (Å²) in [4.78, 5) is 41.9. The molecular weight excluding hydrogens is 554 g/mol. The summed E-state index contributed by atoms with van der Waals surface area (Å²) in [6.45, 7) is 1.28.